The minimum Gasteiger partial charge on any atom is -0.497 e. The number of ether oxygens (including phenoxy) is 2. The molecule has 0 aromatic heterocycles. The van der Waals surface area contributed by atoms with Crippen LogP contribution in [0.2, 0.25) is 0 Å². The molecule has 0 heterocycles. The molecule has 0 aliphatic rings. The van der Waals surface area contributed by atoms with Gasteiger partial charge in [-0.15, -0.1) is 0 Å². The summed E-state index contributed by atoms with van der Waals surface area (Å²) in [5.74, 6) is 1.66. The first kappa shape index (κ1) is 15.8. The molecule has 3 nitrogen and oxygen atoms in total. The monoisotopic (exact) mass is 265 g/mol. The quantitative estimate of drug-likeness (QED) is 0.653. The number of methoxy groups -OCH3 is 1. The van der Waals surface area contributed by atoms with E-state index in [9.17, 15) is 0 Å². The Labute approximate surface area is 117 Å². The maximum Gasteiger partial charge on any atom is 0.123 e. The van der Waals surface area contributed by atoms with Gasteiger partial charge in [-0.2, -0.15) is 0 Å². The van der Waals surface area contributed by atoms with Crippen LogP contribution in [0.4, 0.5) is 0 Å². The van der Waals surface area contributed by atoms with Crippen molar-refractivity contribution in [2.75, 3.05) is 13.7 Å². The lowest BCUT2D eigenvalue weighted by Gasteiger charge is -2.10. The van der Waals surface area contributed by atoms with Crippen molar-refractivity contribution in [3.05, 3.63) is 23.8 Å². The first-order valence-corrected chi connectivity index (χ1v) is 7.31. The van der Waals surface area contributed by atoms with Crippen LogP contribution in [0.15, 0.2) is 18.2 Å². The Hall–Kier alpha value is -1.22. The summed E-state index contributed by atoms with van der Waals surface area (Å²) < 4.78 is 11.0. The van der Waals surface area contributed by atoms with Gasteiger partial charge >= 0.3 is 0 Å². The van der Waals surface area contributed by atoms with Gasteiger partial charge in [0.25, 0.3) is 0 Å². The standard InChI is InChI=1S/C16H27NO2/c1-3-4-5-6-7-8-9-19-16-11-14(13-17)10-15(12-16)18-2/h10-12H,3-9,13,17H2,1-2H3. The zero-order chi connectivity index (χ0) is 13.9. The van der Waals surface area contributed by atoms with Crippen molar-refractivity contribution >= 4 is 0 Å². The number of hydrogen-bond donors (Lipinski definition) is 1. The lowest BCUT2D eigenvalue weighted by Crippen LogP contribution is -2.01. The average Bonchev–Trinajstić information content (AvgIpc) is 2.45. The summed E-state index contributed by atoms with van der Waals surface area (Å²) >= 11 is 0. The molecule has 0 unspecified atom stereocenters. The Morgan fingerprint density at radius 2 is 1.63 bits per heavy atom. The third-order valence-corrected chi connectivity index (χ3v) is 3.18. The number of benzene rings is 1. The van der Waals surface area contributed by atoms with Crippen LogP contribution in [0.1, 0.15) is 51.0 Å². The van der Waals surface area contributed by atoms with E-state index in [1.807, 2.05) is 18.2 Å². The van der Waals surface area contributed by atoms with E-state index < -0.39 is 0 Å². The van der Waals surface area contributed by atoms with Gasteiger partial charge in [0.1, 0.15) is 11.5 Å². The SMILES string of the molecule is CCCCCCCCOc1cc(CN)cc(OC)c1. The summed E-state index contributed by atoms with van der Waals surface area (Å²) in [6.45, 7) is 3.51. The fraction of sp³-hybridized carbons (Fsp3) is 0.625. The van der Waals surface area contributed by atoms with Gasteiger partial charge in [-0.05, 0) is 24.1 Å². The summed E-state index contributed by atoms with van der Waals surface area (Å²) in [5, 5.41) is 0. The van der Waals surface area contributed by atoms with Gasteiger partial charge in [0.05, 0.1) is 13.7 Å². The first-order valence-electron chi connectivity index (χ1n) is 7.31. The molecule has 0 fully saturated rings. The van der Waals surface area contributed by atoms with E-state index in [0.29, 0.717) is 6.54 Å². The summed E-state index contributed by atoms with van der Waals surface area (Å²) in [6, 6.07) is 5.84. The molecule has 2 N–H and O–H groups in total. The van der Waals surface area contributed by atoms with E-state index >= 15 is 0 Å². The molecule has 3 heteroatoms. The molecule has 1 aromatic rings. The maximum absolute atomic E-state index is 5.76. The van der Waals surface area contributed by atoms with Gasteiger partial charge < -0.3 is 15.2 Å². The van der Waals surface area contributed by atoms with Gasteiger partial charge in [0.2, 0.25) is 0 Å². The zero-order valence-electron chi connectivity index (χ0n) is 12.3. The molecule has 0 bridgehead atoms. The normalized spacial score (nSPS) is 10.5. The smallest absolute Gasteiger partial charge is 0.123 e. The fourth-order valence-electron chi connectivity index (χ4n) is 2.02. The average molecular weight is 265 g/mol. The van der Waals surface area contributed by atoms with Gasteiger partial charge in [-0.1, -0.05) is 39.0 Å². The Kier molecular flexibility index (Phi) is 8.07. The first-order chi connectivity index (χ1) is 9.30. The second-order valence-electron chi connectivity index (χ2n) is 4.84. The van der Waals surface area contributed by atoms with Crippen molar-refractivity contribution in [3.63, 3.8) is 0 Å². The van der Waals surface area contributed by atoms with Crippen LogP contribution in [0.25, 0.3) is 0 Å². The Balaban J connectivity index is 2.28. The van der Waals surface area contributed by atoms with Crippen molar-refractivity contribution in [2.45, 2.75) is 52.0 Å². The van der Waals surface area contributed by atoms with Crippen LogP contribution in [0.3, 0.4) is 0 Å². The van der Waals surface area contributed by atoms with E-state index in [1.54, 1.807) is 7.11 Å². The summed E-state index contributed by atoms with van der Waals surface area (Å²) in [7, 11) is 1.66. The van der Waals surface area contributed by atoms with Crippen LogP contribution in [0, 0.1) is 0 Å². The van der Waals surface area contributed by atoms with Crippen molar-refractivity contribution < 1.29 is 9.47 Å². The van der Waals surface area contributed by atoms with Crippen molar-refractivity contribution in [1.82, 2.24) is 0 Å². The van der Waals surface area contributed by atoms with Crippen LogP contribution in [-0.2, 0) is 6.54 Å². The Morgan fingerprint density at radius 3 is 2.32 bits per heavy atom. The van der Waals surface area contributed by atoms with Crippen molar-refractivity contribution in [1.29, 1.82) is 0 Å². The third kappa shape index (κ3) is 6.48. The molecule has 0 saturated carbocycles. The van der Waals surface area contributed by atoms with E-state index in [2.05, 4.69) is 6.92 Å². The molecule has 0 amide bonds. The summed E-state index contributed by atoms with van der Waals surface area (Å²) in [6.07, 6.45) is 7.64. The van der Waals surface area contributed by atoms with Crippen molar-refractivity contribution in [3.8, 4) is 11.5 Å². The van der Waals surface area contributed by atoms with Gasteiger partial charge in [-0.25, -0.2) is 0 Å². The molecule has 1 aromatic carbocycles. The van der Waals surface area contributed by atoms with Gasteiger partial charge in [0, 0.05) is 12.6 Å². The number of hydrogen-bond acceptors (Lipinski definition) is 3. The van der Waals surface area contributed by atoms with E-state index in [4.69, 9.17) is 15.2 Å². The van der Waals surface area contributed by atoms with Gasteiger partial charge in [-0.3, -0.25) is 0 Å². The van der Waals surface area contributed by atoms with Crippen LogP contribution in [-0.4, -0.2) is 13.7 Å². The van der Waals surface area contributed by atoms with E-state index in [1.165, 1.54) is 32.1 Å². The third-order valence-electron chi connectivity index (χ3n) is 3.18. The zero-order valence-corrected chi connectivity index (χ0v) is 12.3. The molecule has 0 atom stereocenters. The number of unbranched alkanes of at least 4 members (excludes halogenated alkanes) is 5. The minimum absolute atomic E-state index is 0.505. The van der Waals surface area contributed by atoms with E-state index in [0.717, 1.165) is 30.1 Å². The maximum atomic E-state index is 5.76. The molecule has 1 rings (SSSR count). The molecule has 0 spiro atoms. The van der Waals surface area contributed by atoms with Gasteiger partial charge in [0.15, 0.2) is 0 Å². The highest BCUT2D eigenvalue weighted by Crippen LogP contribution is 2.22. The summed E-state index contributed by atoms with van der Waals surface area (Å²) in [4.78, 5) is 0. The Morgan fingerprint density at radius 1 is 0.947 bits per heavy atom. The van der Waals surface area contributed by atoms with Crippen LogP contribution >= 0.6 is 0 Å². The predicted octanol–water partition coefficient (Wildman–Crippen LogP) is 3.89. The highest BCUT2D eigenvalue weighted by atomic mass is 16.5. The highest BCUT2D eigenvalue weighted by Gasteiger charge is 2.01. The molecule has 0 saturated heterocycles. The second kappa shape index (κ2) is 9.68. The van der Waals surface area contributed by atoms with Crippen LogP contribution < -0.4 is 15.2 Å². The molecule has 108 valence electrons. The molecule has 0 aliphatic carbocycles. The summed E-state index contributed by atoms with van der Waals surface area (Å²) in [5.41, 5.74) is 6.69. The lowest BCUT2D eigenvalue weighted by atomic mass is 10.1. The second-order valence-corrected chi connectivity index (χ2v) is 4.84. The molecule has 0 aliphatic heterocycles. The van der Waals surface area contributed by atoms with Crippen molar-refractivity contribution in [2.24, 2.45) is 5.73 Å². The molecular formula is C16H27NO2. The lowest BCUT2D eigenvalue weighted by molar-refractivity contribution is 0.302. The fourth-order valence-corrected chi connectivity index (χ4v) is 2.02. The number of nitrogens with two attached hydrogens (primary N) is 1. The topological polar surface area (TPSA) is 44.5 Å². The molecule has 19 heavy (non-hydrogen) atoms. The van der Waals surface area contributed by atoms with Crippen LogP contribution in [0.5, 0.6) is 11.5 Å². The van der Waals surface area contributed by atoms with E-state index in [-0.39, 0.29) is 0 Å². The highest BCUT2D eigenvalue weighted by molar-refractivity contribution is 5.38. The largest absolute Gasteiger partial charge is 0.497 e. The predicted molar refractivity (Wildman–Crippen MR) is 79.8 cm³/mol. The minimum atomic E-state index is 0.505. The number of rotatable bonds is 10. The molecule has 0 radical (unpaired) electrons. The molecular weight excluding hydrogens is 238 g/mol. The Bertz CT molecular complexity index is 330.